The lowest BCUT2D eigenvalue weighted by molar-refractivity contribution is -0.137. The van der Waals surface area contributed by atoms with E-state index in [2.05, 4.69) is 25.2 Å². The molecular weight excluding hydrogens is 304 g/mol. The van der Waals surface area contributed by atoms with Crippen LogP contribution in [0.1, 0.15) is 58.3 Å². The zero-order chi connectivity index (χ0) is 18.0. The maximum atomic E-state index is 10.4. The van der Waals surface area contributed by atoms with Crippen LogP contribution in [0.2, 0.25) is 0 Å². The van der Waals surface area contributed by atoms with E-state index in [0.29, 0.717) is 6.42 Å². The molecule has 0 aliphatic heterocycles. The Morgan fingerprint density at radius 2 is 1.71 bits per heavy atom. The van der Waals surface area contributed by atoms with Gasteiger partial charge in [-0.05, 0) is 32.1 Å². The smallest absolute Gasteiger partial charge is 0.303 e. The summed E-state index contributed by atoms with van der Waals surface area (Å²) in [5, 5.41) is 27.9. The van der Waals surface area contributed by atoms with E-state index in [4.69, 9.17) is 5.11 Å². The van der Waals surface area contributed by atoms with Crippen LogP contribution in [0.5, 0.6) is 0 Å². The number of hydrogen-bond donors (Lipinski definition) is 3. The van der Waals surface area contributed by atoms with Gasteiger partial charge in [0, 0.05) is 6.42 Å². The van der Waals surface area contributed by atoms with Crippen molar-refractivity contribution in [2.45, 2.75) is 70.5 Å². The van der Waals surface area contributed by atoms with Crippen LogP contribution in [0.3, 0.4) is 0 Å². The molecule has 0 saturated heterocycles. The van der Waals surface area contributed by atoms with Crippen LogP contribution in [0.15, 0.2) is 48.6 Å². The van der Waals surface area contributed by atoms with Crippen molar-refractivity contribution >= 4 is 5.97 Å². The standard InChI is InChI=1S/C20H32O4/c1-2-3-4-5-6-7-8-9-10-11-12-13-15-18(21)19(22)16-14-17-20(23)24/h6-7,9-13,15,18-19,21-22H,2-5,8,14,16-17H2,1H3,(H,23,24)/b7-6?,10-9+,12-11?,15-13?/t18-,19-/m0/s1. The van der Waals surface area contributed by atoms with E-state index in [0.717, 1.165) is 12.8 Å². The van der Waals surface area contributed by atoms with Gasteiger partial charge in [-0.1, -0.05) is 68.4 Å². The van der Waals surface area contributed by atoms with Crippen LogP contribution in [0.25, 0.3) is 0 Å². The van der Waals surface area contributed by atoms with Crippen molar-refractivity contribution in [3.8, 4) is 0 Å². The van der Waals surface area contributed by atoms with Gasteiger partial charge in [0.2, 0.25) is 0 Å². The molecule has 0 fully saturated rings. The van der Waals surface area contributed by atoms with Gasteiger partial charge in [0.25, 0.3) is 0 Å². The topological polar surface area (TPSA) is 77.8 Å². The summed E-state index contributed by atoms with van der Waals surface area (Å²) in [5.41, 5.74) is 0. The van der Waals surface area contributed by atoms with E-state index in [1.807, 2.05) is 12.2 Å². The number of allylic oxidation sites excluding steroid dienone is 7. The third-order valence-corrected chi connectivity index (χ3v) is 3.48. The van der Waals surface area contributed by atoms with Crippen LogP contribution >= 0.6 is 0 Å². The highest BCUT2D eigenvalue weighted by Crippen LogP contribution is 2.06. The number of unbranched alkanes of at least 4 members (excludes halogenated alkanes) is 3. The first kappa shape index (κ1) is 22.4. The van der Waals surface area contributed by atoms with Gasteiger partial charge in [0.1, 0.15) is 0 Å². The van der Waals surface area contributed by atoms with E-state index in [9.17, 15) is 15.0 Å². The normalized spacial score (nSPS) is 15.1. The number of carboxylic acids is 1. The van der Waals surface area contributed by atoms with Crippen LogP contribution in [-0.4, -0.2) is 33.5 Å². The van der Waals surface area contributed by atoms with E-state index in [1.54, 1.807) is 12.2 Å². The molecule has 0 saturated carbocycles. The van der Waals surface area contributed by atoms with E-state index >= 15 is 0 Å². The van der Waals surface area contributed by atoms with Crippen molar-refractivity contribution in [1.82, 2.24) is 0 Å². The van der Waals surface area contributed by atoms with Gasteiger partial charge in [-0.25, -0.2) is 0 Å². The number of aliphatic hydroxyl groups excluding tert-OH is 2. The van der Waals surface area contributed by atoms with Gasteiger partial charge in [-0.2, -0.15) is 0 Å². The Bertz CT molecular complexity index is 421. The molecule has 0 amide bonds. The molecule has 136 valence electrons. The minimum atomic E-state index is -0.974. The molecule has 2 atom stereocenters. The van der Waals surface area contributed by atoms with Crippen molar-refractivity contribution in [2.75, 3.05) is 0 Å². The van der Waals surface area contributed by atoms with Gasteiger partial charge in [-0.3, -0.25) is 4.79 Å². The van der Waals surface area contributed by atoms with Crippen molar-refractivity contribution in [3.05, 3.63) is 48.6 Å². The predicted octanol–water partition coefficient (Wildman–Crippen LogP) is 4.16. The van der Waals surface area contributed by atoms with E-state index in [-0.39, 0.29) is 12.8 Å². The van der Waals surface area contributed by atoms with Gasteiger partial charge < -0.3 is 15.3 Å². The number of aliphatic hydroxyl groups is 2. The molecule has 0 bridgehead atoms. The van der Waals surface area contributed by atoms with Gasteiger partial charge in [0.15, 0.2) is 0 Å². The fraction of sp³-hybridized carbons (Fsp3) is 0.550. The molecule has 0 aliphatic rings. The molecule has 0 heterocycles. The highest BCUT2D eigenvalue weighted by Gasteiger charge is 2.12. The Morgan fingerprint density at radius 3 is 2.42 bits per heavy atom. The molecular formula is C20H32O4. The van der Waals surface area contributed by atoms with Crippen molar-refractivity contribution in [2.24, 2.45) is 0 Å². The average molecular weight is 336 g/mol. The Hall–Kier alpha value is -1.65. The third-order valence-electron chi connectivity index (χ3n) is 3.48. The van der Waals surface area contributed by atoms with Crippen molar-refractivity contribution < 1.29 is 20.1 Å². The summed E-state index contributed by atoms with van der Waals surface area (Å²) < 4.78 is 0. The Kier molecular flexibility index (Phi) is 15.1. The number of carbonyl (C=O) groups is 1. The van der Waals surface area contributed by atoms with Crippen LogP contribution in [-0.2, 0) is 4.79 Å². The van der Waals surface area contributed by atoms with Crippen LogP contribution in [0, 0.1) is 0 Å². The second-order valence-corrected chi connectivity index (χ2v) is 5.74. The summed E-state index contributed by atoms with van der Waals surface area (Å²) in [4.78, 5) is 10.4. The summed E-state index contributed by atoms with van der Waals surface area (Å²) in [6.07, 6.45) is 19.8. The summed E-state index contributed by atoms with van der Waals surface area (Å²) in [5.74, 6) is -0.891. The Labute approximate surface area is 145 Å². The average Bonchev–Trinajstić information content (AvgIpc) is 2.55. The number of aliphatic carboxylic acids is 1. The molecule has 0 unspecified atom stereocenters. The first-order valence-electron chi connectivity index (χ1n) is 8.80. The number of carboxylic acid groups (broad SMARTS) is 1. The lowest BCUT2D eigenvalue weighted by atomic mass is 10.1. The zero-order valence-corrected chi connectivity index (χ0v) is 14.7. The largest absolute Gasteiger partial charge is 0.481 e. The fourth-order valence-electron chi connectivity index (χ4n) is 2.03. The maximum absolute atomic E-state index is 10.4. The first-order valence-corrected chi connectivity index (χ1v) is 8.80. The first-order chi connectivity index (χ1) is 11.6. The molecule has 4 heteroatoms. The Balaban J connectivity index is 3.81. The summed E-state index contributed by atoms with van der Waals surface area (Å²) in [6.45, 7) is 2.20. The molecule has 0 radical (unpaired) electrons. The monoisotopic (exact) mass is 336 g/mol. The minimum absolute atomic E-state index is 0.00520. The molecule has 0 spiro atoms. The van der Waals surface area contributed by atoms with Crippen molar-refractivity contribution in [3.63, 3.8) is 0 Å². The lowest BCUT2D eigenvalue weighted by Crippen LogP contribution is -2.23. The minimum Gasteiger partial charge on any atom is -0.481 e. The van der Waals surface area contributed by atoms with E-state index < -0.39 is 18.2 Å². The highest BCUT2D eigenvalue weighted by molar-refractivity contribution is 5.66. The maximum Gasteiger partial charge on any atom is 0.303 e. The third kappa shape index (κ3) is 15.3. The predicted molar refractivity (Wildman–Crippen MR) is 98.8 cm³/mol. The number of rotatable bonds is 14. The highest BCUT2D eigenvalue weighted by atomic mass is 16.4. The van der Waals surface area contributed by atoms with Gasteiger partial charge in [0.05, 0.1) is 12.2 Å². The van der Waals surface area contributed by atoms with Crippen LogP contribution in [0.4, 0.5) is 0 Å². The molecule has 0 aliphatic carbocycles. The SMILES string of the molecule is CCCCCC=CC/C=C/C=CC=C[C@H](O)[C@@H](O)CCCC(=O)O. The second-order valence-electron chi connectivity index (χ2n) is 5.74. The van der Waals surface area contributed by atoms with Gasteiger partial charge in [-0.15, -0.1) is 0 Å². The van der Waals surface area contributed by atoms with E-state index in [1.165, 1.54) is 25.3 Å². The molecule has 0 aromatic rings. The molecule has 0 aromatic carbocycles. The molecule has 0 rings (SSSR count). The summed E-state index contributed by atoms with van der Waals surface area (Å²) in [6, 6.07) is 0. The molecule has 24 heavy (non-hydrogen) atoms. The quantitative estimate of drug-likeness (QED) is 0.253. The molecule has 3 N–H and O–H groups in total. The van der Waals surface area contributed by atoms with Crippen molar-refractivity contribution in [1.29, 1.82) is 0 Å². The summed E-state index contributed by atoms with van der Waals surface area (Å²) >= 11 is 0. The molecule has 0 aromatic heterocycles. The zero-order valence-electron chi connectivity index (χ0n) is 14.7. The second kappa shape index (κ2) is 16.2. The summed E-state index contributed by atoms with van der Waals surface area (Å²) in [7, 11) is 0. The van der Waals surface area contributed by atoms with Crippen LogP contribution < -0.4 is 0 Å². The number of hydrogen-bond acceptors (Lipinski definition) is 3. The fourth-order valence-corrected chi connectivity index (χ4v) is 2.03. The Morgan fingerprint density at radius 1 is 0.958 bits per heavy atom. The molecule has 4 nitrogen and oxygen atoms in total. The van der Waals surface area contributed by atoms with Gasteiger partial charge >= 0.3 is 5.97 Å². The lowest BCUT2D eigenvalue weighted by Gasteiger charge is -2.13.